The molecule has 0 N–H and O–H groups in total. The highest BCUT2D eigenvalue weighted by atomic mass is 32.1. The fourth-order valence-corrected chi connectivity index (χ4v) is 3.77. The Kier molecular flexibility index (Phi) is 6.23. The third kappa shape index (κ3) is 4.60. The van der Waals surface area contributed by atoms with E-state index in [9.17, 15) is 24.5 Å². The Labute approximate surface area is 170 Å². The molecule has 29 heavy (non-hydrogen) atoms. The molecule has 0 aliphatic carbocycles. The quantitative estimate of drug-likeness (QED) is 0.419. The van der Waals surface area contributed by atoms with Crippen LogP contribution in [-0.4, -0.2) is 65.3 Å². The molecule has 3 rings (SSSR count). The second-order valence-electron chi connectivity index (χ2n) is 6.45. The molecule has 1 aliphatic rings. The predicted octanol–water partition coefficient (Wildman–Crippen LogP) is 2.11. The van der Waals surface area contributed by atoms with Gasteiger partial charge in [0.25, 0.3) is 17.5 Å². The lowest BCUT2D eigenvalue weighted by molar-refractivity contribution is -0.385. The minimum absolute atomic E-state index is 0.0645. The van der Waals surface area contributed by atoms with Crippen LogP contribution < -0.4 is 0 Å². The van der Waals surface area contributed by atoms with Crippen molar-refractivity contribution < 1.29 is 24.0 Å². The molecule has 0 atom stereocenters. The highest BCUT2D eigenvalue weighted by molar-refractivity contribution is 7.12. The zero-order valence-electron chi connectivity index (χ0n) is 15.7. The third-order valence-corrected chi connectivity index (χ3v) is 5.49. The summed E-state index contributed by atoms with van der Waals surface area (Å²) in [6, 6.07) is 7.83. The summed E-state index contributed by atoms with van der Waals surface area (Å²) in [6.07, 6.45) is 0. The van der Waals surface area contributed by atoms with Crippen LogP contribution in [-0.2, 0) is 9.53 Å². The summed E-state index contributed by atoms with van der Waals surface area (Å²) >= 11 is 1.37. The van der Waals surface area contributed by atoms with Gasteiger partial charge in [-0.25, -0.2) is 4.79 Å². The van der Waals surface area contributed by atoms with Gasteiger partial charge in [0.1, 0.15) is 5.56 Å². The number of ether oxygens (including phenoxy) is 1. The number of aryl methyl sites for hydroxylation is 1. The fourth-order valence-electron chi connectivity index (χ4n) is 3.08. The summed E-state index contributed by atoms with van der Waals surface area (Å²) in [7, 11) is 0. The molecule has 1 saturated heterocycles. The van der Waals surface area contributed by atoms with E-state index in [4.69, 9.17) is 4.74 Å². The molecule has 0 radical (unpaired) electrons. The van der Waals surface area contributed by atoms with Crippen molar-refractivity contribution in [3.05, 3.63) is 61.8 Å². The van der Waals surface area contributed by atoms with Crippen LogP contribution in [0.2, 0.25) is 0 Å². The Morgan fingerprint density at radius 3 is 2.41 bits per heavy atom. The molecule has 2 heterocycles. The second-order valence-corrected chi connectivity index (χ2v) is 7.40. The number of esters is 1. The summed E-state index contributed by atoms with van der Waals surface area (Å²) in [5.74, 6) is -1.38. The van der Waals surface area contributed by atoms with E-state index in [0.29, 0.717) is 36.6 Å². The first kappa shape index (κ1) is 20.5. The lowest BCUT2D eigenvalue weighted by Gasteiger charge is -2.34. The van der Waals surface area contributed by atoms with Crippen LogP contribution in [0.3, 0.4) is 0 Å². The van der Waals surface area contributed by atoms with Gasteiger partial charge in [-0.3, -0.25) is 19.7 Å². The number of nitrogens with zero attached hydrogens (tertiary/aromatic N) is 3. The molecule has 0 bridgehead atoms. The van der Waals surface area contributed by atoms with E-state index in [-0.39, 0.29) is 17.2 Å². The van der Waals surface area contributed by atoms with Crippen molar-refractivity contribution in [1.29, 1.82) is 0 Å². The smallest absolute Gasteiger partial charge is 0.345 e. The summed E-state index contributed by atoms with van der Waals surface area (Å²) < 4.78 is 5.03. The zero-order chi connectivity index (χ0) is 21.0. The number of hydrogen-bond donors (Lipinski definition) is 0. The van der Waals surface area contributed by atoms with Crippen molar-refractivity contribution in [2.45, 2.75) is 6.92 Å². The average molecular weight is 417 g/mol. The number of carbonyl (C=O) groups is 3. The van der Waals surface area contributed by atoms with Crippen LogP contribution in [0, 0.1) is 17.0 Å². The molecule has 1 aliphatic heterocycles. The SMILES string of the molecule is Cc1cccc([N+](=O)[O-])c1C(=O)OCC(=O)N1CCN(C(=O)c2cccs2)CC1. The number of carbonyl (C=O) groups excluding carboxylic acids is 3. The van der Waals surface area contributed by atoms with E-state index in [2.05, 4.69) is 0 Å². The van der Waals surface area contributed by atoms with E-state index >= 15 is 0 Å². The van der Waals surface area contributed by atoms with Gasteiger partial charge in [-0.2, -0.15) is 0 Å². The minimum atomic E-state index is -0.908. The number of piperazine rings is 1. The van der Waals surface area contributed by atoms with Gasteiger partial charge in [0.15, 0.2) is 6.61 Å². The Morgan fingerprint density at radius 2 is 1.79 bits per heavy atom. The number of benzene rings is 1. The molecular weight excluding hydrogens is 398 g/mol. The maximum atomic E-state index is 12.4. The van der Waals surface area contributed by atoms with E-state index in [1.165, 1.54) is 28.4 Å². The Hall–Kier alpha value is -3.27. The average Bonchev–Trinajstić information content (AvgIpc) is 3.26. The summed E-state index contributed by atoms with van der Waals surface area (Å²) in [4.78, 5) is 51.3. The molecular formula is C19H19N3O6S. The van der Waals surface area contributed by atoms with Crippen molar-refractivity contribution in [2.75, 3.05) is 32.8 Å². The van der Waals surface area contributed by atoms with Gasteiger partial charge in [-0.15, -0.1) is 11.3 Å². The first-order valence-corrected chi connectivity index (χ1v) is 9.78. The Balaban J connectivity index is 1.54. The fraction of sp³-hybridized carbons (Fsp3) is 0.316. The molecule has 10 heteroatoms. The lowest BCUT2D eigenvalue weighted by atomic mass is 10.1. The number of nitro groups is 1. The molecule has 9 nitrogen and oxygen atoms in total. The predicted molar refractivity (Wildman–Crippen MR) is 105 cm³/mol. The zero-order valence-corrected chi connectivity index (χ0v) is 16.5. The maximum Gasteiger partial charge on any atom is 0.345 e. The largest absolute Gasteiger partial charge is 0.452 e. The lowest BCUT2D eigenvalue weighted by Crippen LogP contribution is -2.51. The van der Waals surface area contributed by atoms with Crippen LogP contribution >= 0.6 is 11.3 Å². The molecule has 0 saturated carbocycles. The summed E-state index contributed by atoms with van der Waals surface area (Å²) in [5.41, 5.74) is -0.114. The maximum absolute atomic E-state index is 12.4. The van der Waals surface area contributed by atoms with Crippen molar-refractivity contribution in [3.8, 4) is 0 Å². The second kappa shape index (κ2) is 8.82. The molecule has 152 valence electrons. The van der Waals surface area contributed by atoms with Crippen LogP contribution in [0.1, 0.15) is 25.6 Å². The van der Waals surface area contributed by atoms with E-state index in [0.717, 1.165) is 0 Å². The molecule has 2 aromatic rings. The summed E-state index contributed by atoms with van der Waals surface area (Å²) in [6.45, 7) is 2.49. The number of hydrogen-bond acceptors (Lipinski definition) is 7. The van der Waals surface area contributed by atoms with Gasteiger partial charge in [-0.1, -0.05) is 18.2 Å². The normalized spacial score (nSPS) is 13.8. The van der Waals surface area contributed by atoms with Crippen LogP contribution in [0.25, 0.3) is 0 Å². The summed E-state index contributed by atoms with van der Waals surface area (Å²) in [5, 5.41) is 13.0. The van der Waals surface area contributed by atoms with Gasteiger partial charge >= 0.3 is 5.97 Å². The standard InChI is InChI=1S/C19H19N3O6S/c1-13-4-2-5-14(22(26)27)17(13)19(25)28-12-16(23)20-7-9-21(10-8-20)18(24)15-6-3-11-29-15/h2-6,11H,7-10,12H2,1H3. The van der Waals surface area contributed by atoms with Gasteiger partial charge in [0, 0.05) is 32.2 Å². The van der Waals surface area contributed by atoms with E-state index in [1.807, 2.05) is 11.4 Å². The number of amides is 2. The third-order valence-electron chi connectivity index (χ3n) is 4.63. The van der Waals surface area contributed by atoms with Crippen molar-refractivity contribution in [1.82, 2.24) is 9.80 Å². The minimum Gasteiger partial charge on any atom is -0.452 e. The van der Waals surface area contributed by atoms with Gasteiger partial charge in [0.05, 0.1) is 9.80 Å². The van der Waals surface area contributed by atoms with Gasteiger partial charge in [-0.05, 0) is 23.9 Å². The van der Waals surface area contributed by atoms with Crippen molar-refractivity contribution in [2.24, 2.45) is 0 Å². The first-order chi connectivity index (χ1) is 13.9. The topological polar surface area (TPSA) is 110 Å². The van der Waals surface area contributed by atoms with Crippen LogP contribution in [0.15, 0.2) is 35.7 Å². The Morgan fingerprint density at radius 1 is 1.10 bits per heavy atom. The van der Waals surface area contributed by atoms with Gasteiger partial charge in [0.2, 0.25) is 0 Å². The molecule has 2 amide bonds. The molecule has 1 aromatic carbocycles. The molecule has 1 fully saturated rings. The molecule has 0 unspecified atom stereocenters. The molecule has 0 spiro atoms. The number of thiophene rings is 1. The highest BCUT2D eigenvalue weighted by Gasteiger charge is 2.28. The monoisotopic (exact) mass is 417 g/mol. The number of nitro benzene ring substituents is 1. The van der Waals surface area contributed by atoms with E-state index in [1.54, 1.807) is 24.0 Å². The highest BCUT2D eigenvalue weighted by Crippen LogP contribution is 2.22. The van der Waals surface area contributed by atoms with Crippen molar-refractivity contribution >= 4 is 34.8 Å². The van der Waals surface area contributed by atoms with Crippen molar-refractivity contribution in [3.63, 3.8) is 0 Å². The van der Waals surface area contributed by atoms with E-state index < -0.39 is 23.4 Å². The first-order valence-electron chi connectivity index (χ1n) is 8.90. The van der Waals surface area contributed by atoms with Crippen LogP contribution in [0.5, 0.6) is 0 Å². The van der Waals surface area contributed by atoms with Crippen LogP contribution in [0.4, 0.5) is 5.69 Å². The molecule has 1 aromatic heterocycles. The Bertz CT molecular complexity index is 935. The van der Waals surface area contributed by atoms with Gasteiger partial charge < -0.3 is 14.5 Å². The number of rotatable bonds is 5.